The van der Waals surface area contributed by atoms with Gasteiger partial charge in [0.25, 0.3) is 5.91 Å². The Morgan fingerprint density at radius 1 is 1.07 bits per heavy atom. The summed E-state index contributed by atoms with van der Waals surface area (Å²) in [4.78, 5) is 16.6. The minimum absolute atomic E-state index is 0.162. The zero-order valence-electron chi connectivity index (χ0n) is 16.9. The van der Waals surface area contributed by atoms with E-state index in [-0.39, 0.29) is 5.56 Å². The molecular weight excluding hydrogens is 404 g/mol. The average molecular weight is 426 g/mol. The van der Waals surface area contributed by atoms with E-state index in [1.807, 2.05) is 29.0 Å². The molecule has 1 amide bonds. The second-order valence-electron chi connectivity index (χ2n) is 6.57. The summed E-state index contributed by atoms with van der Waals surface area (Å²) in [7, 11) is -2.20. The van der Waals surface area contributed by atoms with Crippen molar-refractivity contribution in [2.45, 2.75) is 13.3 Å². The maximum absolute atomic E-state index is 12.4. The van der Waals surface area contributed by atoms with E-state index < -0.39 is 15.9 Å². The molecule has 0 saturated carbocycles. The molecule has 8 heteroatoms. The number of ether oxygens (including phenoxy) is 2. The molecule has 0 aliphatic rings. The molecule has 0 bridgehead atoms. The molecule has 0 aliphatic heterocycles. The number of pyridine rings is 1. The van der Waals surface area contributed by atoms with Crippen molar-refractivity contribution in [2.75, 3.05) is 13.4 Å². The quantitative estimate of drug-likeness (QED) is 0.618. The second kappa shape index (κ2) is 8.96. The van der Waals surface area contributed by atoms with Crippen LogP contribution in [0.3, 0.4) is 0 Å². The topological polar surface area (TPSA) is 94.6 Å². The fraction of sp³-hybridized carbons (Fsp3) is 0.182. The third-order valence-electron chi connectivity index (χ3n) is 4.33. The zero-order chi connectivity index (χ0) is 21.7. The molecule has 3 rings (SSSR count). The summed E-state index contributed by atoms with van der Waals surface area (Å²) in [5.41, 5.74) is 2.49. The molecule has 156 valence electrons. The van der Waals surface area contributed by atoms with Crippen molar-refractivity contribution < 1.29 is 22.7 Å². The highest BCUT2D eigenvalue weighted by Crippen LogP contribution is 2.38. The summed E-state index contributed by atoms with van der Waals surface area (Å²) < 4.78 is 36.3. The van der Waals surface area contributed by atoms with Gasteiger partial charge in [-0.25, -0.2) is 18.1 Å². The molecule has 3 aromatic rings. The number of rotatable bonds is 7. The SMILES string of the molecule is CCc1ccc(Oc2ccc(C(=O)NS(C)(=O)=O)cc2-c2cccnc2OC)cc1. The standard InChI is InChI=1S/C22H22N2O5S/c1-4-15-7-10-17(11-8-15)29-20-12-9-16(21(25)24-30(3,26)27)14-19(20)18-6-5-13-23-22(18)28-2/h5-14H,4H2,1-3H3,(H,24,25). The Hall–Kier alpha value is -3.39. The van der Waals surface area contributed by atoms with Gasteiger partial charge in [0.2, 0.25) is 15.9 Å². The van der Waals surface area contributed by atoms with Crippen molar-refractivity contribution in [3.8, 4) is 28.5 Å². The van der Waals surface area contributed by atoms with Crippen LogP contribution in [0.4, 0.5) is 0 Å². The number of hydrogen-bond donors (Lipinski definition) is 1. The molecule has 0 fully saturated rings. The molecule has 1 heterocycles. The monoisotopic (exact) mass is 426 g/mol. The van der Waals surface area contributed by atoms with Crippen molar-refractivity contribution >= 4 is 15.9 Å². The molecule has 0 radical (unpaired) electrons. The molecule has 0 atom stereocenters. The molecule has 1 aromatic heterocycles. The Balaban J connectivity index is 2.07. The number of amides is 1. The van der Waals surface area contributed by atoms with E-state index >= 15 is 0 Å². The zero-order valence-corrected chi connectivity index (χ0v) is 17.7. The van der Waals surface area contributed by atoms with Crippen molar-refractivity contribution in [3.05, 3.63) is 71.9 Å². The molecule has 0 spiro atoms. The van der Waals surface area contributed by atoms with E-state index in [1.165, 1.54) is 18.7 Å². The van der Waals surface area contributed by atoms with Crippen LogP contribution in [-0.2, 0) is 16.4 Å². The van der Waals surface area contributed by atoms with Gasteiger partial charge >= 0.3 is 0 Å². The van der Waals surface area contributed by atoms with Crippen molar-refractivity contribution in [3.63, 3.8) is 0 Å². The van der Waals surface area contributed by atoms with Crippen LogP contribution in [0.25, 0.3) is 11.1 Å². The highest BCUT2D eigenvalue weighted by Gasteiger charge is 2.18. The van der Waals surface area contributed by atoms with Gasteiger partial charge in [-0.1, -0.05) is 19.1 Å². The van der Waals surface area contributed by atoms with Gasteiger partial charge < -0.3 is 9.47 Å². The predicted molar refractivity (Wildman–Crippen MR) is 114 cm³/mol. The second-order valence-corrected chi connectivity index (χ2v) is 8.32. The van der Waals surface area contributed by atoms with Gasteiger partial charge in [-0.2, -0.15) is 0 Å². The van der Waals surface area contributed by atoms with Crippen molar-refractivity contribution in [1.29, 1.82) is 0 Å². The first-order chi connectivity index (χ1) is 14.3. The molecule has 0 unspecified atom stereocenters. The van der Waals surface area contributed by atoms with Crippen molar-refractivity contribution in [1.82, 2.24) is 9.71 Å². The Labute approximate surface area is 175 Å². The minimum atomic E-state index is -3.69. The lowest BCUT2D eigenvalue weighted by atomic mass is 10.0. The van der Waals surface area contributed by atoms with Crippen LogP contribution >= 0.6 is 0 Å². The highest BCUT2D eigenvalue weighted by atomic mass is 32.2. The minimum Gasteiger partial charge on any atom is -0.481 e. The Kier molecular flexibility index (Phi) is 6.37. The van der Waals surface area contributed by atoms with Crippen LogP contribution < -0.4 is 14.2 Å². The number of benzene rings is 2. The van der Waals surface area contributed by atoms with Crippen LogP contribution in [0.5, 0.6) is 17.4 Å². The van der Waals surface area contributed by atoms with Crippen LogP contribution in [0.2, 0.25) is 0 Å². The Bertz CT molecular complexity index is 1160. The fourth-order valence-corrected chi connectivity index (χ4v) is 3.33. The van der Waals surface area contributed by atoms with Crippen LogP contribution in [0.1, 0.15) is 22.8 Å². The largest absolute Gasteiger partial charge is 0.481 e. The maximum Gasteiger partial charge on any atom is 0.264 e. The number of aryl methyl sites for hydroxylation is 1. The van der Waals surface area contributed by atoms with Gasteiger partial charge in [0.15, 0.2) is 0 Å². The van der Waals surface area contributed by atoms with Gasteiger partial charge in [-0.15, -0.1) is 0 Å². The smallest absolute Gasteiger partial charge is 0.264 e. The molecule has 1 N–H and O–H groups in total. The van der Waals surface area contributed by atoms with Gasteiger partial charge in [-0.05, 0) is 54.4 Å². The van der Waals surface area contributed by atoms with Crippen LogP contribution in [0.15, 0.2) is 60.8 Å². The van der Waals surface area contributed by atoms with E-state index in [9.17, 15) is 13.2 Å². The van der Waals surface area contributed by atoms with E-state index in [0.717, 1.165) is 12.7 Å². The van der Waals surface area contributed by atoms with E-state index in [1.54, 1.807) is 30.5 Å². The summed E-state index contributed by atoms with van der Waals surface area (Å²) >= 11 is 0. The fourth-order valence-electron chi connectivity index (χ4n) is 2.88. The summed E-state index contributed by atoms with van der Waals surface area (Å²) in [5, 5.41) is 0. The molecular formula is C22H22N2O5S. The van der Waals surface area contributed by atoms with E-state index in [2.05, 4.69) is 11.9 Å². The maximum atomic E-state index is 12.4. The molecule has 30 heavy (non-hydrogen) atoms. The first-order valence-corrected chi connectivity index (χ1v) is 11.1. The number of hydrogen-bond acceptors (Lipinski definition) is 6. The summed E-state index contributed by atoms with van der Waals surface area (Å²) in [6.07, 6.45) is 3.43. The first kappa shape index (κ1) is 21.3. The normalized spacial score (nSPS) is 11.0. The average Bonchev–Trinajstić information content (AvgIpc) is 2.73. The van der Waals surface area contributed by atoms with Crippen LogP contribution in [-0.4, -0.2) is 32.7 Å². The molecule has 7 nitrogen and oxygen atoms in total. The number of nitrogens with one attached hydrogen (secondary N) is 1. The third-order valence-corrected chi connectivity index (χ3v) is 4.89. The first-order valence-electron chi connectivity index (χ1n) is 9.23. The van der Waals surface area contributed by atoms with Gasteiger partial charge in [0.1, 0.15) is 11.5 Å². The summed E-state index contributed by atoms with van der Waals surface area (Å²) in [5.74, 6) is 0.718. The van der Waals surface area contributed by atoms with Gasteiger partial charge in [0, 0.05) is 22.9 Å². The Morgan fingerprint density at radius 3 is 2.43 bits per heavy atom. The highest BCUT2D eigenvalue weighted by molar-refractivity contribution is 7.89. The van der Waals surface area contributed by atoms with E-state index in [0.29, 0.717) is 28.5 Å². The van der Waals surface area contributed by atoms with Crippen molar-refractivity contribution in [2.24, 2.45) is 0 Å². The number of aromatic nitrogens is 1. The lowest BCUT2D eigenvalue weighted by Crippen LogP contribution is -2.29. The third kappa shape index (κ3) is 5.15. The van der Waals surface area contributed by atoms with Gasteiger partial charge in [-0.3, -0.25) is 4.79 Å². The number of carbonyl (C=O) groups is 1. The van der Waals surface area contributed by atoms with Crippen LogP contribution in [0, 0.1) is 0 Å². The molecule has 0 aliphatic carbocycles. The lowest BCUT2D eigenvalue weighted by molar-refractivity contribution is 0.0981. The number of nitrogens with zero attached hydrogens (tertiary/aromatic N) is 1. The Morgan fingerprint density at radius 2 is 1.80 bits per heavy atom. The molecule has 2 aromatic carbocycles. The number of sulfonamides is 1. The lowest BCUT2D eigenvalue weighted by Gasteiger charge is -2.15. The number of methoxy groups -OCH3 is 1. The summed E-state index contributed by atoms with van der Waals surface area (Å²) in [6.45, 7) is 2.07. The van der Waals surface area contributed by atoms with E-state index in [4.69, 9.17) is 9.47 Å². The summed E-state index contributed by atoms with van der Waals surface area (Å²) in [6, 6.07) is 15.9. The molecule has 0 saturated heterocycles. The van der Waals surface area contributed by atoms with Gasteiger partial charge in [0.05, 0.1) is 13.4 Å². The number of carbonyl (C=O) groups excluding carboxylic acids is 1. The predicted octanol–water partition coefficient (Wildman–Crippen LogP) is 3.80.